The van der Waals surface area contributed by atoms with Gasteiger partial charge in [-0.25, -0.2) is 4.98 Å². The number of imidazole rings is 1. The lowest BCUT2D eigenvalue weighted by molar-refractivity contribution is 0.138. The predicted molar refractivity (Wildman–Crippen MR) is 81.7 cm³/mol. The molecule has 0 aliphatic rings. The topological polar surface area (TPSA) is 27.1 Å². The van der Waals surface area contributed by atoms with Crippen molar-refractivity contribution >= 4 is 22.8 Å². The van der Waals surface area contributed by atoms with Gasteiger partial charge >= 0.3 is 0 Å². The van der Waals surface area contributed by atoms with Crippen LogP contribution in [0.4, 0.5) is 0 Å². The van der Waals surface area contributed by atoms with Crippen molar-refractivity contribution in [1.29, 1.82) is 0 Å². The molecule has 19 heavy (non-hydrogen) atoms. The van der Waals surface area contributed by atoms with Gasteiger partial charge in [0, 0.05) is 19.4 Å². The number of para-hydroxylation sites is 2. The molecule has 104 valence electrons. The summed E-state index contributed by atoms with van der Waals surface area (Å²) in [6, 6.07) is 8.23. The van der Waals surface area contributed by atoms with Crippen LogP contribution in [-0.4, -0.2) is 28.5 Å². The SMILES string of the molecule is CC(C)CCOCCSc1nc2ccccc2n1C. The van der Waals surface area contributed by atoms with Gasteiger partial charge in [-0.15, -0.1) is 0 Å². The first-order valence-electron chi connectivity index (χ1n) is 6.80. The van der Waals surface area contributed by atoms with Gasteiger partial charge in [-0.3, -0.25) is 0 Å². The van der Waals surface area contributed by atoms with E-state index < -0.39 is 0 Å². The number of hydrogen-bond donors (Lipinski definition) is 0. The quantitative estimate of drug-likeness (QED) is 0.570. The van der Waals surface area contributed by atoms with Gasteiger partial charge in [0.1, 0.15) is 0 Å². The molecule has 0 N–H and O–H groups in total. The molecule has 0 saturated carbocycles. The fraction of sp³-hybridized carbons (Fsp3) is 0.533. The summed E-state index contributed by atoms with van der Waals surface area (Å²) >= 11 is 1.76. The minimum atomic E-state index is 0.715. The fourth-order valence-corrected chi connectivity index (χ4v) is 2.70. The van der Waals surface area contributed by atoms with Crippen molar-refractivity contribution in [2.75, 3.05) is 19.0 Å². The molecule has 2 rings (SSSR count). The first kappa shape index (κ1) is 14.4. The molecule has 0 aliphatic heterocycles. The van der Waals surface area contributed by atoms with Crippen LogP contribution in [0.15, 0.2) is 29.4 Å². The van der Waals surface area contributed by atoms with Crippen LogP contribution in [0.3, 0.4) is 0 Å². The van der Waals surface area contributed by atoms with Crippen LogP contribution in [0.2, 0.25) is 0 Å². The van der Waals surface area contributed by atoms with E-state index >= 15 is 0 Å². The van der Waals surface area contributed by atoms with E-state index in [1.54, 1.807) is 11.8 Å². The highest BCUT2D eigenvalue weighted by Crippen LogP contribution is 2.22. The smallest absolute Gasteiger partial charge is 0.168 e. The Bertz CT molecular complexity index is 522. The van der Waals surface area contributed by atoms with Gasteiger partial charge in [-0.2, -0.15) is 0 Å². The zero-order chi connectivity index (χ0) is 13.7. The second-order valence-corrected chi connectivity index (χ2v) is 6.15. The third-order valence-electron chi connectivity index (χ3n) is 3.04. The summed E-state index contributed by atoms with van der Waals surface area (Å²) in [6.07, 6.45) is 1.14. The van der Waals surface area contributed by atoms with Crippen molar-refractivity contribution in [3.63, 3.8) is 0 Å². The molecule has 0 atom stereocenters. The maximum atomic E-state index is 5.62. The van der Waals surface area contributed by atoms with E-state index in [4.69, 9.17) is 4.74 Å². The molecule has 0 fully saturated rings. The highest BCUT2D eigenvalue weighted by molar-refractivity contribution is 7.99. The van der Waals surface area contributed by atoms with E-state index in [0.717, 1.165) is 36.1 Å². The zero-order valence-corrected chi connectivity index (χ0v) is 12.7. The first-order chi connectivity index (χ1) is 9.18. The molecule has 1 heterocycles. The number of fused-ring (bicyclic) bond motifs is 1. The van der Waals surface area contributed by atoms with Gasteiger partial charge in [-0.05, 0) is 24.5 Å². The standard InChI is InChI=1S/C15H22N2OS/c1-12(2)8-9-18-10-11-19-15-16-13-6-4-5-7-14(13)17(15)3/h4-7,12H,8-11H2,1-3H3. The monoisotopic (exact) mass is 278 g/mol. The van der Waals surface area contributed by atoms with E-state index in [2.05, 4.69) is 42.6 Å². The Hall–Kier alpha value is -1.00. The second-order valence-electron chi connectivity index (χ2n) is 5.09. The molecule has 3 nitrogen and oxygen atoms in total. The lowest BCUT2D eigenvalue weighted by Gasteiger charge is -2.06. The van der Waals surface area contributed by atoms with E-state index in [9.17, 15) is 0 Å². The number of nitrogens with zero attached hydrogens (tertiary/aromatic N) is 2. The Morgan fingerprint density at radius 3 is 2.79 bits per heavy atom. The minimum Gasteiger partial charge on any atom is -0.381 e. The summed E-state index contributed by atoms with van der Waals surface area (Å²) in [6.45, 7) is 6.09. The molecule has 0 bridgehead atoms. The second kappa shape index (κ2) is 6.96. The third-order valence-corrected chi connectivity index (χ3v) is 4.04. The maximum absolute atomic E-state index is 5.62. The minimum absolute atomic E-state index is 0.715. The lowest BCUT2D eigenvalue weighted by Crippen LogP contribution is -2.03. The predicted octanol–water partition coefficient (Wildman–Crippen LogP) is 3.73. The van der Waals surface area contributed by atoms with Crippen LogP contribution < -0.4 is 0 Å². The van der Waals surface area contributed by atoms with Crippen molar-refractivity contribution in [1.82, 2.24) is 9.55 Å². The third kappa shape index (κ3) is 3.98. The molecule has 0 aliphatic carbocycles. The zero-order valence-electron chi connectivity index (χ0n) is 11.9. The largest absolute Gasteiger partial charge is 0.381 e. The van der Waals surface area contributed by atoms with Crippen molar-refractivity contribution < 1.29 is 4.74 Å². The average molecular weight is 278 g/mol. The normalized spacial score (nSPS) is 11.6. The van der Waals surface area contributed by atoms with Crippen molar-refractivity contribution in [3.8, 4) is 0 Å². The Morgan fingerprint density at radius 1 is 1.26 bits per heavy atom. The van der Waals surface area contributed by atoms with Crippen molar-refractivity contribution in [2.24, 2.45) is 13.0 Å². The molecule has 0 unspecified atom stereocenters. The number of aromatic nitrogens is 2. The number of rotatable bonds is 7. The number of aryl methyl sites for hydroxylation is 1. The van der Waals surface area contributed by atoms with Crippen LogP contribution in [-0.2, 0) is 11.8 Å². The Kier molecular flexibility index (Phi) is 5.28. The molecule has 0 spiro atoms. The van der Waals surface area contributed by atoms with Crippen LogP contribution in [0, 0.1) is 5.92 Å². The summed E-state index contributed by atoms with van der Waals surface area (Å²) in [4.78, 5) is 4.63. The number of ether oxygens (including phenoxy) is 1. The summed E-state index contributed by atoms with van der Waals surface area (Å²) in [5.74, 6) is 1.67. The molecule has 0 amide bonds. The van der Waals surface area contributed by atoms with Gasteiger partial charge in [0.15, 0.2) is 5.16 Å². The summed E-state index contributed by atoms with van der Waals surface area (Å²) in [5, 5.41) is 1.06. The molecule has 1 aromatic carbocycles. The van der Waals surface area contributed by atoms with E-state index in [0.29, 0.717) is 5.92 Å². The average Bonchev–Trinajstić information content (AvgIpc) is 2.71. The van der Waals surface area contributed by atoms with Gasteiger partial charge in [0.2, 0.25) is 0 Å². The van der Waals surface area contributed by atoms with Crippen LogP contribution in [0.5, 0.6) is 0 Å². The fourth-order valence-electron chi connectivity index (χ4n) is 1.87. The highest BCUT2D eigenvalue weighted by atomic mass is 32.2. The Labute approximate surface area is 119 Å². The Balaban J connectivity index is 1.80. The van der Waals surface area contributed by atoms with Gasteiger partial charge in [0.05, 0.1) is 17.6 Å². The summed E-state index contributed by atoms with van der Waals surface area (Å²) < 4.78 is 7.77. The van der Waals surface area contributed by atoms with E-state index in [1.807, 2.05) is 12.1 Å². The van der Waals surface area contributed by atoms with Gasteiger partial charge in [0.25, 0.3) is 0 Å². The number of thioether (sulfide) groups is 1. The summed E-state index contributed by atoms with van der Waals surface area (Å²) in [5.41, 5.74) is 2.25. The molecular weight excluding hydrogens is 256 g/mol. The highest BCUT2D eigenvalue weighted by Gasteiger charge is 2.06. The van der Waals surface area contributed by atoms with Crippen LogP contribution >= 0.6 is 11.8 Å². The molecule has 0 radical (unpaired) electrons. The molecule has 2 aromatic rings. The van der Waals surface area contributed by atoms with Gasteiger partial charge < -0.3 is 9.30 Å². The van der Waals surface area contributed by atoms with Crippen LogP contribution in [0.1, 0.15) is 20.3 Å². The van der Waals surface area contributed by atoms with E-state index in [-0.39, 0.29) is 0 Å². The number of benzene rings is 1. The molecule has 0 saturated heterocycles. The van der Waals surface area contributed by atoms with E-state index in [1.165, 1.54) is 5.52 Å². The lowest BCUT2D eigenvalue weighted by atomic mass is 10.1. The Morgan fingerprint density at radius 2 is 2.05 bits per heavy atom. The molecule has 4 heteroatoms. The number of hydrogen-bond acceptors (Lipinski definition) is 3. The maximum Gasteiger partial charge on any atom is 0.168 e. The van der Waals surface area contributed by atoms with Gasteiger partial charge in [-0.1, -0.05) is 37.7 Å². The van der Waals surface area contributed by atoms with Crippen molar-refractivity contribution in [3.05, 3.63) is 24.3 Å². The summed E-state index contributed by atoms with van der Waals surface area (Å²) in [7, 11) is 2.07. The molecular formula is C15H22N2OS. The first-order valence-corrected chi connectivity index (χ1v) is 7.79. The molecule has 1 aromatic heterocycles. The van der Waals surface area contributed by atoms with Crippen molar-refractivity contribution in [2.45, 2.75) is 25.4 Å². The van der Waals surface area contributed by atoms with Crippen LogP contribution in [0.25, 0.3) is 11.0 Å².